The normalized spacial score (nSPS) is 17.7. The molecule has 0 spiro atoms. The molecule has 0 aliphatic carbocycles. The third-order valence-corrected chi connectivity index (χ3v) is 6.18. The molecule has 2 aliphatic heterocycles. The average molecular weight is 416 g/mol. The minimum Gasteiger partial charge on any atom is -0.398 e. The Morgan fingerprint density at radius 3 is 2.62 bits per heavy atom. The first kappa shape index (κ1) is 21.5. The topological polar surface area (TPSA) is 67.6 Å². The van der Waals surface area contributed by atoms with E-state index in [1.165, 1.54) is 11.1 Å². The van der Waals surface area contributed by atoms with E-state index in [-0.39, 0.29) is 23.7 Å². The zero-order chi connectivity index (χ0) is 19.4. The molecule has 2 aliphatic rings. The predicted molar refractivity (Wildman–Crippen MR) is 120 cm³/mol. The van der Waals surface area contributed by atoms with Crippen molar-refractivity contribution in [3.05, 3.63) is 59.7 Å². The van der Waals surface area contributed by atoms with Gasteiger partial charge < -0.3 is 20.7 Å². The predicted octanol–water partition coefficient (Wildman–Crippen LogP) is 3.31. The molecule has 6 heteroatoms. The Morgan fingerprint density at radius 1 is 1.10 bits per heavy atom. The van der Waals surface area contributed by atoms with E-state index < -0.39 is 0 Å². The van der Waals surface area contributed by atoms with Gasteiger partial charge in [0.2, 0.25) is 5.91 Å². The maximum atomic E-state index is 12.8. The van der Waals surface area contributed by atoms with Crippen LogP contribution in [0.1, 0.15) is 30.4 Å². The van der Waals surface area contributed by atoms with Crippen LogP contribution >= 0.6 is 12.4 Å². The van der Waals surface area contributed by atoms with Gasteiger partial charge in [-0.2, -0.15) is 0 Å². The van der Waals surface area contributed by atoms with E-state index in [4.69, 9.17) is 10.5 Å². The fourth-order valence-corrected chi connectivity index (χ4v) is 4.51. The molecule has 0 aromatic heterocycles. The van der Waals surface area contributed by atoms with Crippen LogP contribution in [-0.2, 0) is 21.4 Å². The number of nitrogen functional groups attached to an aromatic ring is 1. The second-order valence-electron chi connectivity index (χ2n) is 7.91. The summed E-state index contributed by atoms with van der Waals surface area (Å²) in [6.45, 7) is 3.39. The molecule has 2 aromatic carbocycles. The Morgan fingerprint density at radius 2 is 1.86 bits per heavy atom. The molecule has 0 radical (unpaired) electrons. The molecule has 1 fully saturated rings. The number of anilines is 2. The molecule has 2 aromatic rings. The van der Waals surface area contributed by atoms with Crippen LogP contribution in [0.5, 0.6) is 0 Å². The number of carbonyl (C=O) groups excluding carboxylic acids is 1. The quantitative estimate of drug-likeness (QED) is 0.735. The standard InChI is InChI=1S/C23H29N3O2.ClH/c24-20-9-4-10-21-19(20)8-5-13-26(21)16-22(27)25-17-23(11-14-28-15-12-23)18-6-2-1-3-7-18;/h1-4,6-7,9-10H,5,8,11-17,24H2,(H,25,27);1H. The number of rotatable bonds is 5. The molecular weight excluding hydrogens is 386 g/mol. The highest BCUT2D eigenvalue weighted by Crippen LogP contribution is 2.34. The van der Waals surface area contributed by atoms with Crippen LogP contribution in [0.3, 0.4) is 0 Å². The lowest BCUT2D eigenvalue weighted by atomic mass is 9.74. The minimum absolute atomic E-state index is 0. The van der Waals surface area contributed by atoms with Gasteiger partial charge in [-0.3, -0.25) is 4.79 Å². The van der Waals surface area contributed by atoms with E-state index in [1.54, 1.807) is 0 Å². The molecule has 156 valence electrons. The van der Waals surface area contributed by atoms with Gasteiger partial charge in [0.05, 0.1) is 6.54 Å². The number of nitrogens with one attached hydrogen (secondary N) is 1. The second kappa shape index (κ2) is 9.51. The summed E-state index contributed by atoms with van der Waals surface area (Å²) >= 11 is 0. The highest BCUT2D eigenvalue weighted by Gasteiger charge is 2.35. The maximum absolute atomic E-state index is 12.8. The second-order valence-corrected chi connectivity index (χ2v) is 7.91. The molecule has 29 heavy (non-hydrogen) atoms. The third-order valence-electron chi connectivity index (χ3n) is 6.18. The van der Waals surface area contributed by atoms with Crippen molar-refractivity contribution in [1.82, 2.24) is 5.32 Å². The molecule has 1 amide bonds. The Labute approximate surface area is 179 Å². The summed E-state index contributed by atoms with van der Waals surface area (Å²) in [5, 5.41) is 3.22. The summed E-state index contributed by atoms with van der Waals surface area (Å²) in [5.41, 5.74) is 10.5. The number of benzene rings is 2. The molecular formula is C23H30ClN3O2. The number of nitrogens with two attached hydrogens (primary N) is 1. The van der Waals surface area contributed by atoms with Crippen LogP contribution < -0.4 is 16.0 Å². The van der Waals surface area contributed by atoms with E-state index in [9.17, 15) is 4.79 Å². The first-order chi connectivity index (χ1) is 13.7. The van der Waals surface area contributed by atoms with Crippen LogP contribution in [0.2, 0.25) is 0 Å². The Hall–Kier alpha value is -2.24. The molecule has 1 saturated heterocycles. The minimum atomic E-state index is -0.0423. The van der Waals surface area contributed by atoms with E-state index in [0.29, 0.717) is 13.1 Å². The van der Waals surface area contributed by atoms with Crippen LogP contribution in [0.15, 0.2) is 48.5 Å². The fraction of sp³-hybridized carbons (Fsp3) is 0.435. The van der Waals surface area contributed by atoms with Crippen molar-refractivity contribution in [1.29, 1.82) is 0 Å². The largest absolute Gasteiger partial charge is 0.398 e. The third kappa shape index (κ3) is 4.68. The first-order valence-corrected chi connectivity index (χ1v) is 10.2. The monoisotopic (exact) mass is 415 g/mol. The maximum Gasteiger partial charge on any atom is 0.239 e. The van der Waals surface area contributed by atoms with Gasteiger partial charge in [0.1, 0.15) is 0 Å². The molecule has 3 N–H and O–H groups in total. The smallest absolute Gasteiger partial charge is 0.239 e. The Bertz CT molecular complexity index is 822. The van der Waals surface area contributed by atoms with Gasteiger partial charge >= 0.3 is 0 Å². The van der Waals surface area contributed by atoms with Crippen LogP contribution in [-0.4, -0.2) is 38.8 Å². The lowest BCUT2D eigenvalue weighted by Gasteiger charge is -2.38. The lowest BCUT2D eigenvalue weighted by molar-refractivity contribution is -0.120. The molecule has 4 rings (SSSR count). The Balaban J connectivity index is 0.00000240. The lowest BCUT2D eigenvalue weighted by Crippen LogP contribution is -2.47. The van der Waals surface area contributed by atoms with E-state index in [2.05, 4.69) is 40.5 Å². The molecule has 0 bridgehead atoms. The zero-order valence-electron chi connectivity index (χ0n) is 16.7. The van der Waals surface area contributed by atoms with Gasteiger partial charge in [-0.25, -0.2) is 0 Å². The fourth-order valence-electron chi connectivity index (χ4n) is 4.51. The summed E-state index contributed by atoms with van der Waals surface area (Å²) in [7, 11) is 0. The van der Waals surface area contributed by atoms with E-state index in [0.717, 1.165) is 56.8 Å². The Kier molecular flexibility index (Phi) is 7.04. The molecule has 0 atom stereocenters. The van der Waals surface area contributed by atoms with Gasteiger partial charge in [-0.05, 0) is 48.9 Å². The number of hydrogen-bond donors (Lipinski definition) is 2. The SMILES string of the molecule is Cl.Nc1cccc2c1CCCN2CC(=O)NCC1(c2ccccc2)CCOCC1. The number of ether oxygens (including phenoxy) is 1. The molecule has 0 saturated carbocycles. The summed E-state index contributed by atoms with van der Waals surface area (Å²) in [5.74, 6) is 0.0667. The van der Waals surface area contributed by atoms with E-state index in [1.807, 2.05) is 18.2 Å². The van der Waals surface area contributed by atoms with Gasteiger partial charge in [-0.15, -0.1) is 12.4 Å². The van der Waals surface area contributed by atoms with Crippen LogP contribution in [0.4, 0.5) is 11.4 Å². The van der Waals surface area contributed by atoms with Crippen LogP contribution in [0.25, 0.3) is 0 Å². The molecule has 0 unspecified atom stereocenters. The summed E-state index contributed by atoms with van der Waals surface area (Å²) in [4.78, 5) is 15.0. The summed E-state index contributed by atoms with van der Waals surface area (Å²) < 4.78 is 5.59. The van der Waals surface area contributed by atoms with Gasteiger partial charge in [0.25, 0.3) is 0 Å². The van der Waals surface area contributed by atoms with Gasteiger partial charge in [-0.1, -0.05) is 36.4 Å². The average Bonchev–Trinajstić information content (AvgIpc) is 2.74. The van der Waals surface area contributed by atoms with Gasteiger partial charge in [0, 0.05) is 43.1 Å². The first-order valence-electron chi connectivity index (χ1n) is 10.2. The number of halogens is 1. The number of fused-ring (bicyclic) bond motifs is 1. The van der Waals surface area contributed by atoms with Gasteiger partial charge in [0.15, 0.2) is 0 Å². The molecule has 5 nitrogen and oxygen atoms in total. The summed E-state index contributed by atoms with van der Waals surface area (Å²) in [6, 6.07) is 16.5. The number of amides is 1. The van der Waals surface area contributed by atoms with Crippen molar-refractivity contribution in [2.75, 3.05) is 43.5 Å². The van der Waals surface area contributed by atoms with Crippen molar-refractivity contribution in [2.24, 2.45) is 0 Å². The number of nitrogens with zero attached hydrogens (tertiary/aromatic N) is 1. The molecule has 2 heterocycles. The van der Waals surface area contributed by atoms with E-state index >= 15 is 0 Å². The summed E-state index contributed by atoms with van der Waals surface area (Å²) in [6.07, 6.45) is 3.87. The zero-order valence-corrected chi connectivity index (χ0v) is 17.5. The van der Waals surface area contributed by atoms with Crippen molar-refractivity contribution < 1.29 is 9.53 Å². The van der Waals surface area contributed by atoms with Crippen molar-refractivity contribution in [3.8, 4) is 0 Å². The highest BCUT2D eigenvalue weighted by molar-refractivity contribution is 5.85. The van der Waals surface area contributed by atoms with Crippen molar-refractivity contribution in [2.45, 2.75) is 31.1 Å². The van der Waals surface area contributed by atoms with Crippen molar-refractivity contribution in [3.63, 3.8) is 0 Å². The van der Waals surface area contributed by atoms with Crippen molar-refractivity contribution >= 4 is 29.7 Å². The van der Waals surface area contributed by atoms with Crippen LogP contribution in [0, 0.1) is 0 Å². The number of carbonyl (C=O) groups is 1. The number of hydrogen-bond acceptors (Lipinski definition) is 4. The highest BCUT2D eigenvalue weighted by atomic mass is 35.5.